The van der Waals surface area contributed by atoms with E-state index in [1.807, 2.05) is 37.3 Å². The number of likely N-dealkylation sites (tertiary alicyclic amines) is 1. The molecule has 1 aliphatic rings. The van der Waals surface area contributed by atoms with Crippen LogP contribution in [0.2, 0.25) is 0 Å². The van der Waals surface area contributed by atoms with E-state index in [1.165, 1.54) is 6.07 Å². The number of thiocarbonyl (C=S) groups is 1. The minimum absolute atomic E-state index is 0.0828. The molecule has 2 N–H and O–H groups in total. The Kier molecular flexibility index (Phi) is 9.35. The molecule has 1 fully saturated rings. The van der Waals surface area contributed by atoms with Crippen LogP contribution in [0.4, 0.5) is 4.39 Å². The highest BCUT2D eigenvalue weighted by atomic mass is 32.2. The number of benzene rings is 1. The van der Waals surface area contributed by atoms with Gasteiger partial charge in [0.05, 0.1) is 23.3 Å². The van der Waals surface area contributed by atoms with E-state index < -0.39 is 0 Å². The molecular formula is C27H31FN4O2S2. The zero-order chi connectivity index (χ0) is 25.3. The van der Waals surface area contributed by atoms with Gasteiger partial charge in [-0.1, -0.05) is 18.2 Å². The van der Waals surface area contributed by atoms with Crippen LogP contribution in [0.25, 0.3) is 0 Å². The smallest absolute Gasteiger partial charge is 0.253 e. The lowest BCUT2D eigenvalue weighted by molar-refractivity contribution is 0.0953. The van der Waals surface area contributed by atoms with E-state index >= 15 is 0 Å². The van der Waals surface area contributed by atoms with Gasteiger partial charge in [-0.3, -0.25) is 9.78 Å². The van der Waals surface area contributed by atoms with Crippen molar-refractivity contribution in [1.82, 2.24) is 20.5 Å². The van der Waals surface area contributed by atoms with Gasteiger partial charge in [0.1, 0.15) is 11.6 Å². The molecule has 1 amide bonds. The molecule has 2 aromatic heterocycles. The highest BCUT2D eigenvalue weighted by molar-refractivity contribution is 7.98. The Bertz CT molecular complexity index is 1160. The molecule has 0 unspecified atom stereocenters. The van der Waals surface area contributed by atoms with Crippen LogP contribution in [0.3, 0.4) is 0 Å². The number of nitrogens with zero attached hydrogens (tertiary/aromatic N) is 2. The molecule has 0 spiro atoms. The number of thioether (sulfide) groups is 1. The van der Waals surface area contributed by atoms with E-state index in [1.54, 1.807) is 30.2 Å². The van der Waals surface area contributed by atoms with Crippen molar-refractivity contribution in [3.05, 3.63) is 88.9 Å². The number of furan rings is 1. The number of amides is 1. The van der Waals surface area contributed by atoms with Crippen LogP contribution < -0.4 is 10.6 Å². The average Bonchev–Trinajstić information content (AvgIpc) is 3.41. The SMILES string of the molecule is Cc1ccc(C(=O)NCCSCc2ccco2)c(C2CCN(C(=S)NCc3ccccc3F)CC2)n1. The lowest BCUT2D eigenvalue weighted by Gasteiger charge is -2.34. The van der Waals surface area contributed by atoms with E-state index in [4.69, 9.17) is 21.6 Å². The van der Waals surface area contributed by atoms with Gasteiger partial charge in [0.2, 0.25) is 0 Å². The van der Waals surface area contributed by atoms with E-state index in [9.17, 15) is 9.18 Å². The molecule has 0 radical (unpaired) electrons. The second kappa shape index (κ2) is 12.9. The molecule has 3 heterocycles. The number of pyridine rings is 1. The second-order valence-corrected chi connectivity index (χ2v) is 10.3. The predicted molar refractivity (Wildman–Crippen MR) is 146 cm³/mol. The molecule has 1 aliphatic heterocycles. The largest absolute Gasteiger partial charge is 0.468 e. The fourth-order valence-corrected chi connectivity index (χ4v) is 5.27. The van der Waals surface area contributed by atoms with Gasteiger partial charge in [-0.25, -0.2) is 4.39 Å². The molecule has 1 saturated heterocycles. The quantitative estimate of drug-likeness (QED) is 0.299. The fraction of sp³-hybridized carbons (Fsp3) is 0.370. The first kappa shape index (κ1) is 26.2. The number of carbonyl (C=O) groups is 1. The van der Waals surface area contributed by atoms with Crippen molar-refractivity contribution >= 4 is 35.0 Å². The zero-order valence-corrected chi connectivity index (χ0v) is 22.0. The van der Waals surface area contributed by atoms with Crippen molar-refractivity contribution in [3.8, 4) is 0 Å². The van der Waals surface area contributed by atoms with Crippen molar-refractivity contribution in [2.45, 2.75) is 38.0 Å². The Labute approximate surface area is 221 Å². The second-order valence-electron chi connectivity index (χ2n) is 8.78. The highest BCUT2D eigenvalue weighted by Crippen LogP contribution is 2.29. The summed E-state index contributed by atoms with van der Waals surface area (Å²) in [5.74, 6) is 2.39. The Morgan fingerprint density at radius 3 is 2.72 bits per heavy atom. The van der Waals surface area contributed by atoms with Crippen LogP contribution in [0.1, 0.15) is 51.8 Å². The van der Waals surface area contributed by atoms with Gasteiger partial charge in [0.25, 0.3) is 5.91 Å². The number of hydrogen-bond acceptors (Lipinski definition) is 5. The summed E-state index contributed by atoms with van der Waals surface area (Å²) in [7, 11) is 0. The molecule has 6 nitrogen and oxygen atoms in total. The number of aryl methyl sites for hydroxylation is 1. The topological polar surface area (TPSA) is 70.4 Å². The molecule has 1 aromatic carbocycles. The van der Waals surface area contributed by atoms with E-state index in [-0.39, 0.29) is 17.6 Å². The molecule has 36 heavy (non-hydrogen) atoms. The van der Waals surface area contributed by atoms with Crippen molar-refractivity contribution in [2.75, 3.05) is 25.4 Å². The van der Waals surface area contributed by atoms with Crippen LogP contribution in [-0.2, 0) is 12.3 Å². The van der Waals surface area contributed by atoms with Gasteiger partial charge in [-0.15, -0.1) is 0 Å². The van der Waals surface area contributed by atoms with Gasteiger partial charge in [0, 0.05) is 49.1 Å². The third kappa shape index (κ3) is 7.07. The number of aromatic nitrogens is 1. The summed E-state index contributed by atoms with van der Waals surface area (Å²) in [5.41, 5.74) is 3.00. The summed E-state index contributed by atoms with van der Waals surface area (Å²) in [6.45, 7) is 4.40. The summed E-state index contributed by atoms with van der Waals surface area (Å²) in [6.07, 6.45) is 3.36. The van der Waals surface area contributed by atoms with Crippen LogP contribution >= 0.6 is 24.0 Å². The minimum Gasteiger partial charge on any atom is -0.468 e. The third-order valence-electron chi connectivity index (χ3n) is 6.22. The Balaban J connectivity index is 1.28. The number of carbonyl (C=O) groups excluding carboxylic acids is 1. The molecule has 0 atom stereocenters. The van der Waals surface area contributed by atoms with Crippen LogP contribution in [0.15, 0.2) is 59.2 Å². The molecular weight excluding hydrogens is 495 g/mol. The number of hydrogen-bond donors (Lipinski definition) is 2. The van der Waals surface area contributed by atoms with Gasteiger partial charge in [-0.2, -0.15) is 11.8 Å². The molecule has 0 bridgehead atoms. The first-order valence-corrected chi connectivity index (χ1v) is 13.7. The first-order chi connectivity index (χ1) is 17.5. The lowest BCUT2D eigenvalue weighted by Crippen LogP contribution is -2.44. The van der Waals surface area contributed by atoms with Crippen LogP contribution in [-0.4, -0.2) is 46.3 Å². The summed E-state index contributed by atoms with van der Waals surface area (Å²) in [4.78, 5) is 19.9. The van der Waals surface area contributed by atoms with Crippen LogP contribution in [0, 0.1) is 12.7 Å². The summed E-state index contributed by atoms with van der Waals surface area (Å²) >= 11 is 7.28. The maximum Gasteiger partial charge on any atom is 0.253 e. The summed E-state index contributed by atoms with van der Waals surface area (Å²) in [6, 6.07) is 14.3. The maximum atomic E-state index is 13.9. The van der Waals surface area contributed by atoms with Crippen molar-refractivity contribution in [3.63, 3.8) is 0 Å². The van der Waals surface area contributed by atoms with E-state index in [2.05, 4.69) is 15.5 Å². The highest BCUT2D eigenvalue weighted by Gasteiger charge is 2.27. The molecule has 4 rings (SSSR count). The normalized spacial score (nSPS) is 14.0. The monoisotopic (exact) mass is 526 g/mol. The first-order valence-electron chi connectivity index (χ1n) is 12.1. The zero-order valence-electron chi connectivity index (χ0n) is 20.3. The summed E-state index contributed by atoms with van der Waals surface area (Å²) < 4.78 is 19.2. The van der Waals surface area contributed by atoms with Crippen molar-refractivity contribution in [1.29, 1.82) is 0 Å². The standard InChI is InChI=1S/C27H31FN4O2S2/c1-19-8-9-23(26(33)29-12-16-36-18-22-6-4-15-34-22)25(31-19)20-10-13-32(14-11-20)27(35)30-17-21-5-2-3-7-24(21)28/h2-9,15,20H,10-14,16-18H2,1H3,(H,29,33)(H,30,35). The number of piperidine rings is 1. The van der Waals surface area contributed by atoms with Gasteiger partial charge < -0.3 is 20.0 Å². The number of rotatable bonds is 9. The molecule has 0 aliphatic carbocycles. The number of nitrogens with one attached hydrogen (secondary N) is 2. The van der Waals surface area contributed by atoms with Crippen LogP contribution in [0.5, 0.6) is 0 Å². The summed E-state index contributed by atoms with van der Waals surface area (Å²) in [5, 5.41) is 6.84. The van der Waals surface area contributed by atoms with E-state index in [0.29, 0.717) is 29.3 Å². The fourth-order valence-electron chi connectivity index (χ4n) is 4.26. The lowest BCUT2D eigenvalue weighted by atomic mass is 9.90. The molecule has 3 aromatic rings. The predicted octanol–water partition coefficient (Wildman–Crippen LogP) is 5.04. The Morgan fingerprint density at radius 1 is 1.17 bits per heavy atom. The van der Waals surface area contributed by atoms with Gasteiger partial charge >= 0.3 is 0 Å². The van der Waals surface area contributed by atoms with Gasteiger partial charge in [-0.05, 0) is 62.3 Å². The molecule has 190 valence electrons. The Morgan fingerprint density at radius 2 is 1.97 bits per heavy atom. The van der Waals surface area contributed by atoms with Crippen molar-refractivity contribution < 1.29 is 13.6 Å². The maximum absolute atomic E-state index is 13.9. The number of halogens is 1. The van der Waals surface area contributed by atoms with E-state index in [0.717, 1.165) is 54.6 Å². The average molecular weight is 527 g/mol. The van der Waals surface area contributed by atoms with Crippen molar-refractivity contribution in [2.24, 2.45) is 0 Å². The molecule has 9 heteroatoms. The molecule has 0 saturated carbocycles. The third-order valence-corrected chi connectivity index (χ3v) is 7.61. The minimum atomic E-state index is -0.237. The van der Waals surface area contributed by atoms with Gasteiger partial charge in [0.15, 0.2) is 5.11 Å². The Hall–Kier alpha value is -2.91.